The molecule has 0 unspecified atom stereocenters. The van der Waals surface area contributed by atoms with E-state index in [1.807, 2.05) is 4.68 Å². The molecule has 0 aliphatic heterocycles. The van der Waals surface area contributed by atoms with Crippen molar-refractivity contribution in [2.75, 3.05) is 0 Å². The molecule has 0 amide bonds. The topological polar surface area (TPSA) is 17.8 Å². The molecule has 0 aliphatic rings. The van der Waals surface area contributed by atoms with Crippen LogP contribution in [0.3, 0.4) is 0 Å². The standard InChI is InChI=1S/C7H11BrN2/c1-3-6-5-10(4-2)9-7(6)8/h5H,3-4H2,1-2H3. The van der Waals surface area contributed by atoms with E-state index in [0.717, 1.165) is 17.6 Å². The smallest absolute Gasteiger partial charge is 0.131 e. The zero-order valence-electron chi connectivity index (χ0n) is 6.26. The lowest BCUT2D eigenvalue weighted by Crippen LogP contribution is -1.92. The van der Waals surface area contributed by atoms with Crippen LogP contribution in [0, 0.1) is 0 Å². The van der Waals surface area contributed by atoms with Crippen molar-refractivity contribution in [2.45, 2.75) is 26.8 Å². The van der Waals surface area contributed by atoms with E-state index in [0.29, 0.717) is 0 Å². The van der Waals surface area contributed by atoms with Gasteiger partial charge in [-0.3, -0.25) is 4.68 Å². The van der Waals surface area contributed by atoms with Crippen LogP contribution in [-0.2, 0) is 13.0 Å². The molecule has 0 atom stereocenters. The second kappa shape index (κ2) is 3.19. The minimum Gasteiger partial charge on any atom is -0.272 e. The molecule has 1 aromatic heterocycles. The lowest BCUT2D eigenvalue weighted by Gasteiger charge is -1.89. The fourth-order valence-corrected chi connectivity index (χ4v) is 1.42. The molecular weight excluding hydrogens is 192 g/mol. The summed E-state index contributed by atoms with van der Waals surface area (Å²) in [6.45, 7) is 5.15. The second-order valence-electron chi connectivity index (χ2n) is 2.15. The Morgan fingerprint density at radius 2 is 2.30 bits per heavy atom. The van der Waals surface area contributed by atoms with E-state index in [1.54, 1.807) is 0 Å². The Morgan fingerprint density at radius 3 is 2.60 bits per heavy atom. The third kappa shape index (κ3) is 1.40. The van der Waals surface area contributed by atoms with Gasteiger partial charge in [-0.1, -0.05) is 6.92 Å². The molecule has 0 radical (unpaired) electrons. The zero-order valence-corrected chi connectivity index (χ0v) is 7.85. The van der Waals surface area contributed by atoms with Gasteiger partial charge in [-0.05, 0) is 29.3 Å². The minimum atomic E-state index is 0.943. The first-order chi connectivity index (χ1) is 4.77. The Bertz CT molecular complexity index is 217. The highest BCUT2D eigenvalue weighted by Gasteiger charge is 2.01. The van der Waals surface area contributed by atoms with Crippen molar-refractivity contribution in [3.05, 3.63) is 16.4 Å². The molecule has 0 spiro atoms. The molecule has 2 nitrogen and oxygen atoms in total. The normalized spacial score (nSPS) is 10.3. The summed E-state index contributed by atoms with van der Waals surface area (Å²) in [5.74, 6) is 0. The van der Waals surface area contributed by atoms with Crippen LogP contribution < -0.4 is 0 Å². The molecule has 0 aromatic carbocycles. The van der Waals surface area contributed by atoms with Crippen molar-refractivity contribution < 1.29 is 0 Å². The predicted octanol–water partition coefficient (Wildman–Crippen LogP) is 2.23. The average molecular weight is 203 g/mol. The molecule has 1 aromatic rings. The van der Waals surface area contributed by atoms with Crippen LogP contribution in [0.15, 0.2) is 10.8 Å². The highest BCUT2D eigenvalue weighted by molar-refractivity contribution is 9.10. The first-order valence-electron chi connectivity index (χ1n) is 3.49. The molecule has 0 saturated carbocycles. The lowest BCUT2D eigenvalue weighted by molar-refractivity contribution is 0.655. The van der Waals surface area contributed by atoms with Crippen LogP contribution in [0.2, 0.25) is 0 Å². The SMILES string of the molecule is CCc1cn(CC)nc1Br. The molecule has 0 N–H and O–H groups in total. The minimum absolute atomic E-state index is 0.943. The number of nitrogens with zero attached hydrogens (tertiary/aromatic N) is 2. The molecule has 1 rings (SSSR count). The van der Waals surface area contributed by atoms with E-state index < -0.39 is 0 Å². The van der Waals surface area contributed by atoms with Crippen molar-refractivity contribution in [3.8, 4) is 0 Å². The number of hydrogen-bond donors (Lipinski definition) is 0. The number of hydrogen-bond acceptors (Lipinski definition) is 1. The number of rotatable bonds is 2. The Kier molecular flexibility index (Phi) is 2.49. The van der Waals surface area contributed by atoms with Crippen LogP contribution in [0.25, 0.3) is 0 Å². The summed E-state index contributed by atoms with van der Waals surface area (Å²) in [4.78, 5) is 0. The lowest BCUT2D eigenvalue weighted by atomic mass is 10.3. The van der Waals surface area contributed by atoms with Gasteiger partial charge >= 0.3 is 0 Å². The Labute approximate surface area is 69.4 Å². The molecule has 10 heavy (non-hydrogen) atoms. The Balaban J connectivity index is 2.92. The van der Waals surface area contributed by atoms with E-state index in [2.05, 4.69) is 41.1 Å². The van der Waals surface area contributed by atoms with E-state index in [1.165, 1.54) is 5.56 Å². The average Bonchev–Trinajstić information content (AvgIpc) is 2.30. The summed E-state index contributed by atoms with van der Waals surface area (Å²) < 4.78 is 2.92. The van der Waals surface area contributed by atoms with E-state index in [-0.39, 0.29) is 0 Å². The van der Waals surface area contributed by atoms with Gasteiger partial charge in [0.25, 0.3) is 0 Å². The van der Waals surface area contributed by atoms with Crippen molar-refractivity contribution >= 4 is 15.9 Å². The van der Waals surface area contributed by atoms with Crippen molar-refractivity contribution in [1.29, 1.82) is 0 Å². The zero-order chi connectivity index (χ0) is 7.56. The molecule has 3 heteroatoms. The molecule has 0 saturated heterocycles. The van der Waals surface area contributed by atoms with Gasteiger partial charge in [-0.15, -0.1) is 0 Å². The molecule has 0 fully saturated rings. The fourth-order valence-electron chi connectivity index (χ4n) is 0.838. The highest BCUT2D eigenvalue weighted by atomic mass is 79.9. The maximum atomic E-state index is 4.23. The van der Waals surface area contributed by atoms with Gasteiger partial charge in [0, 0.05) is 18.3 Å². The van der Waals surface area contributed by atoms with Crippen molar-refractivity contribution in [2.24, 2.45) is 0 Å². The summed E-state index contributed by atoms with van der Waals surface area (Å²) in [5.41, 5.74) is 1.28. The van der Waals surface area contributed by atoms with Gasteiger partial charge in [0.15, 0.2) is 0 Å². The molecule has 0 bridgehead atoms. The maximum Gasteiger partial charge on any atom is 0.131 e. The summed E-state index contributed by atoms with van der Waals surface area (Å²) >= 11 is 3.39. The van der Waals surface area contributed by atoms with Crippen LogP contribution >= 0.6 is 15.9 Å². The van der Waals surface area contributed by atoms with Crippen molar-refractivity contribution in [3.63, 3.8) is 0 Å². The van der Waals surface area contributed by atoms with Crippen LogP contribution in [0.4, 0.5) is 0 Å². The molecule has 1 heterocycles. The summed E-state index contributed by atoms with van der Waals surface area (Å²) in [6, 6.07) is 0. The van der Waals surface area contributed by atoms with E-state index in [9.17, 15) is 0 Å². The maximum absolute atomic E-state index is 4.23. The Hall–Kier alpha value is -0.310. The first-order valence-corrected chi connectivity index (χ1v) is 4.29. The van der Waals surface area contributed by atoms with Crippen LogP contribution in [-0.4, -0.2) is 9.78 Å². The van der Waals surface area contributed by atoms with Crippen molar-refractivity contribution in [1.82, 2.24) is 9.78 Å². The molecule has 0 aliphatic carbocycles. The third-order valence-electron chi connectivity index (χ3n) is 1.49. The largest absolute Gasteiger partial charge is 0.272 e. The highest BCUT2D eigenvalue weighted by Crippen LogP contribution is 2.13. The number of halogens is 1. The summed E-state index contributed by atoms with van der Waals surface area (Å²) in [5, 5.41) is 4.23. The van der Waals surface area contributed by atoms with Gasteiger partial charge in [-0.2, -0.15) is 5.10 Å². The number of aryl methyl sites for hydroxylation is 2. The summed E-state index contributed by atoms with van der Waals surface area (Å²) in [6.07, 6.45) is 3.12. The third-order valence-corrected chi connectivity index (χ3v) is 2.16. The van der Waals surface area contributed by atoms with Crippen LogP contribution in [0.5, 0.6) is 0 Å². The monoisotopic (exact) mass is 202 g/mol. The fraction of sp³-hybridized carbons (Fsp3) is 0.571. The van der Waals surface area contributed by atoms with Gasteiger partial charge in [-0.25, -0.2) is 0 Å². The Morgan fingerprint density at radius 1 is 1.60 bits per heavy atom. The number of aromatic nitrogens is 2. The van der Waals surface area contributed by atoms with E-state index >= 15 is 0 Å². The van der Waals surface area contributed by atoms with E-state index in [4.69, 9.17) is 0 Å². The van der Waals surface area contributed by atoms with Gasteiger partial charge < -0.3 is 0 Å². The quantitative estimate of drug-likeness (QED) is 0.720. The van der Waals surface area contributed by atoms with Gasteiger partial charge in [0.05, 0.1) is 0 Å². The first kappa shape index (κ1) is 7.79. The molecule has 56 valence electrons. The van der Waals surface area contributed by atoms with Gasteiger partial charge in [0.2, 0.25) is 0 Å². The van der Waals surface area contributed by atoms with Crippen LogP contribution in [0.1, 0.15) is 19.4 Å². The second-order valence-corrected chi connectivity index (χ2v) is 2.91. The predicted molar refractivity (Wildman–Crippen MR) is 45.0 cm³/mol. The molecular formula is C7H11BrN2. The van der Waals surface area contributed by atoms with Gasteiger partial charge in [0.1, 0.15) is 4.60 Å². The summed E-state index contributed by atoms with van der Waals surface area (Å²) in [7, 11) is 0.